The van der Waals surface area contributed by atoms with Gasteiger partial charge in [-0.05, 0) is 30.2 Å². The normalized spacial score (nSPS) is 14.2. The van der Waals surface area contributed by atoms with Crippen molar-refractivity contribution in [2.75, 3.05) is 57.7 Å². The number of rotatable bonds is 13. The van der Waals surface area contributed by atoms with E-state index in [0.29, 0.717) is 49.9 Å². The number of nitrogens with one attached hydrogen (secondary N) is 1. The molecular weight excluding hydrogens is 516 g/mol. The van der Waals surface area contributed by atoms with Crippen molar-refractivity contribution in [2.24, 2.45) is 0 Å². The standard InChI is InChI=1S/C28H38N6O6/c1-3-4-5-21(17-35)30-27-26-22(31-28(29)32-27)8-9-34(26)16-20-14-19(6-7-23(20)38-2)15-25(37)40-18-24(36)33-10-12-39-13-11-33/h6-9,14,21,35H,3-5,10-13,15-18H2,1-2H3,(H3,29,30,31,32). The van der Waals surface area contributed by atoms with Gasteiger partial charge in [-0.25, -0.2) is 4.98 Å². The highest BCUT2D eigenvalue weighted by Gasteiger charge is 2.20. The molecule has 2 aromatic heterocycles. The van der Waals surface area contributed by atoms with Crippen LogP contribution in [-0.4, -0.2) is 89.1 Å². The second-order valence-electron chi connectivity index (χ2n) is 9.75. The van der Waals surface area contributed by atoms with Crippen LogP contribution in [0.1, 0.15) is 37.3 Å². The summed E-state index contributed by atoms with van der Waals surface area (Å²) < 4.78 is 18.1. The summed E-state index contributed by atoms with van der Waals surface area (Å²) in [4.78, 5) is 35.3. The molecule has 1 saturated heterocycles. The summed E-state index contributed by atoms with van der Waals surface area (Å²) in [6.45, 7) is 4.17. The number of nitrogens with zero attached hydrogens (tertiary/aromatic N) is 4. The smallest absolute Gasteiger partial charge is 0.310 e. The van der Waals surface area contributed by atoms with Crippen molar-refractivity contribution in [1.82, 2.24) is 19.4 Å². The van der Waals surface area contributed by atoms with E-state index in [-0.39, 0.29) is 37.5 Å². The Morgan fingerprint density at radius 2 is 2.02 bits per heavy atom. The summed E-state index contributed by atoms with van der Waals surface area (Å²) in [5.41, 5.74) is 8.96. The number of aliphatic hydroxyl groups is 1. The van der Waals surface area contributed by atoms with Crippen LogP contribution in [0.15, 0.2) is 30.5 Å². The molecule has 4 rings (SSSR count). The molecule has 1 aliphatic heterocycles. The molecule has 3 aromatic rings. The SMILES string of the molecule is CCCCC(CO)Nc1nc(N)nc2ccn(Cc3cc(CC(=O)OCC(=O)N4CCOCC4)ccc3OC)c12. The van der Waals surface area contributed by atoms with Gasteiger partial charge in [0.2, 0.25) is 5.95 Å². The number of nitrogen functional groups attached to an aromatic ring is 1. The van der Waals surface area contributed by atoms with Gasteiger partial charge in [-0.1, -0.05) is 25.8 Å². The van der Waals surface area contributed by atoms with Crippen LogP contribution in [0, 0.1) is 0 Å². The molecule has 1 atom stereocenters. The second-order valence-corrected chi connectivity index (χ2v) is 9.75. The summed E-state index contributed by atoms with van der Waals surface area (Å²) in [6, 6.07) is 7.19. The highest BCUT2D eigenvalue weighted by atomic mass is 16.5. The molecule has 0 aliphatic carbocycles. The largest absolute Gasteiger partial charge is 0.496 e. The summed E-state index contributed by atoms with van der Waals surface area (Å²) in [5.74, 6) is 0.638. The number of nitrogens with two attached hydrogens (primary N) is 1. The number of methoxy groups -OCH3 is 1. The average Bonchev–Trinajstić information content (AvgIpc) is 3.36. The summed E-state index contributed by atoms with van der Waals surface area (Å²) in [6.07, 6.45) is 4.69. The van der Waals surface area contributed by atoms with Crippen LogP contribution in [0.2, 0.25) is 0 Å². The van der Waals surface area contributed by atoms with Crippen molar-refractivity contribution in [3.8, 4) is 5.75 Å². The molecule has 12 nitrogen and oxygen atoms in total. The van der Waals surface area contributed by atoms with Gasteiger partial charge in [0.25, 0.3) is 5.91 Å². The van der Waals surface area contributed by atoms with Gasteiger partial charge in [0.15, 0.2) is 12.4 Å². The Hall–Kier alpha value is -3.90. The maximum absolute atomic E-state index is 12.5. The van der Waals surface area contributed by atoms with Gasteiger partial charge in [-0.3, -0.25) is 9.59 Å². The topological polar surface area (TPSA) is 154 Å². The zero-order chi connectivity index (χ0) is 28.5. The average molecular weight is 555 g/mol. The molecule has 12 heteroatoms. The first kappa shape index (κ1) is 29.1. The van der Waals surface area contributed by atoms with Crippen LogP contribution >= 0.6 is 0 Å². The van der Waals surface area contributed by atoms with Crippen LogP contribution in [0.25, 0.3) is 11.0 Å². The third kappa shape index (κ3) is 7.39. The van der Waals surface area contributed by atoms with E-state index >= 15 is 0 Å². The van der Waals surface area contributed by atoms with Gasteiger partial charge in [-0.2, -0.15) is 4.98 Å². The first-order chi connectivity index (χ1) is 19.4. The number of esters is 1. The molecule has 1 aromatic carbocycles. The molecular formula is C28H38N6O6. The van der Waals surface area contributed by atoms with E-state index in [1.165, 1.54) is 0 Å². The fraction of sp³-hybridized carbons (Fsp3) is 0.500. The minimum atomic E-state index is -0.485. The van der Waals surface area contributed by atoms with E-state index in [9.17, 15) is 14.7 Å². The Kier molecular flexibility index (Phi) is 10.1. The number of ether oxygens (including phenoxy) is 3. The van der Waals surface area contributed by atoms with Gasteiger partial charge in [0.05, 0.1) is 51.5 Å². The highest BCUT2D eigenvalue weighted by Crippen LogP contribution is 2.28. The Balaban J connectivity index is 1.50. The number of aliphatic hydroxyl groups excluding tert-OH is 1. The lowest BCUT2D eigenvalue weighted by Crippen LogP contribution is -2.42. The maximum atomic E-state index is 12.5. The molecule has 0 saturated carbocycles. The van der Waals surface area contributed by atoms with Gasteiger partial charge >= 0.3 is 5.97 Å². The number of benzene rings is 1. The van der Waals surface area contributed by atoms with Crippen molar-refractivity contribution in [1.29, 1.82) is 0 Å². The van der Waals surface area contributed by atoms with E-state index < -0.39 is 5.97 Å². The monoisotopic (exact) mass is 554 g/mol. The number of anilines is 2. The van der Waals surface area contributed by atoms with Gasteiger partial charge in [-0.15, -0.1) is 0 Å². The molecule has 3 heterocycles. The van der Waals surface area contributed by atoms with Crippen molar-refractivity contribution in [2.45, 2.75) is 45.2 Å². The number of amides is 1. The number of morpholine rings is 1. The second kappa shape index (κ2) is 13.9. The fourth-order valence-electron chi connectivity index (χ4n) is 4.72. The number of carbonyl (C=O) groups is 2. The maximum Gasteiger partial charge on any atom is 0.310 e. The molecule has 1 aliphatic rings. The Bertz CT molecular complexity index is 1310. The summed E-state index contributed by atoms with van der Waals surface area (Å²) in [5, 5.41) is 13.2. The molecule has 0 bridgehead atoms. The van der Waals surface area contributed by atoms with Crippen molar-refractivity contribution >= 4 is 34.7 Å². The fourth-order valence-corrected chi connectivity index (χ4v) is 4.72. The molecule has 1 fully saturated rings. The lowest BCUT2D eigenvalue weighted by molar-refractivity contribution is -0.153. The van der Waals surface area contributed by atoms with Gasteiger partial charge in [0, 0.05) is 24.8 Å². The van der Waals surface area contributed by atoms with Crippen LogP contribution in [-0.2, 0) is 32.0 Å². The molecule has 1 amide bonds. The molecule has 0 radical (unpaired) electrons. The van der Waals surface area contributed by atoms with Crippen molar-refractivity contribution in [3.63, 3.8) is 0 Å². The zero-order valence-corrected chi connectivity index (χ0v) is 23.1. The number of hydrogen-bond acceptors (Lipinski definition) is 10. The van der Waals surface area contributed by atoms with Crippen LogP contribution in [0.5, 0.6) is 5.75 Å². The number of fused-ring (bicyclic) bond motifs is 1. The molecule has 0 spiro atoms. The van der Waals surface area contributed by atoms with Crippen LogP contribution in [0.4, 0.5) is 11.8 Å². The third-order valence-corrected chi connectivity index (χ3v) is 6.85. The van der Waals surface area contributed by atoms with Gasteiger partial charge < -0.3 is 39.8 Å². The number of aromatic nitrogens is 3. The Morgan fingerprint density at radius 1 is 1.23 bits per heavy atom. The predicted octanol–water partition coefficient (Wildman–Crippen LogP) is 1.98. The van der Waals surface area contributed by atoms with Crippen molar-refractivity contribution in [3.05, 3.63) is 41.6 Å². The lowest BCUT2D eigenvalue weighted by Gasteiger charge is -2.26. The highest BCUT2D eigenvalue weighted by molar-refractivity contribution is 5.88. The first-order valence-electron chi connectivity index (χ1n) is 13.6. The van der Waals surface area contributed by atoms with Crippen molar-refractivity contribution < 1.29 is 28.9 Å². The minimum absolute atomic E-state index is 0.0157. The molecule has 216 valence electrons. The van der Waals surface area contributed by atoms with Crippen LogP contribution < -0.4 is 15.8 Å². The van der Waals surface area contributed by atoms with E-state index in [4.69, 9.17) is 19.9 Å². The minimum Gasteiger partial charge on any atom is -0.496 e. The van der Waals surface area contributed by atoms with Crippen LogP contribution in [0.3, 0.4) is 0 Å². The Labute approximate surface area is 233 Å². The van der Waals surface area contributed by atoms with E-state index in [2.05, 4.69) is 22.2 Å². The molecule has 40 heavy (non-hydrogen) atoms. The Morgan fingerprint density at radius 3 is 2.75 bits per heavy atom. The third-order valence-electron chi connectivity index (χ3n) is 6.85. The lowest BCUT2D eigenvalue weighted by atomic mass is 10.1. The molecule has 4 N–H and O–H groups in total. The molecule has 1 unspecified atom stereocenters. The number of hydrogen-bond donors (Lipinski definition) is 3. The zero-order valence-electron chi connectivity index (χ0n) is 23.1. The van der Waals surface area contributed by atoms with E-state index in [1.807, 2.05) is 29.0 Å². The predicted molar refractivity (Wildman–Crippen MR) is 150 cm³/mol. The van der Waals surface area contributed by atoms with Gasteiger partial charge in [0.1, 0.15) is 11.3 Å². The first-order valence-corrected chi connectivity index (χ1v) is 13.6. The summed E-state index contributed by atoms with van der Waals surface area (Å²) >= 11 is 0. The summed E-state index contributed by atoms with van der Waals surface area (Å²) in [7, 11) is 1.59. The van der Waals surface area contributed by atoms with E-state index in [1.54, 1.807) is 18.1 Å². The van der Waals surface area contributed by atoms with E-state index in [0.717, 1.165) is 35.9 Å². The quantitative estimate of drug-likeness (QED) is 0.267. The number of unbranched alkanes of at least 4 members (excludes halogenated alkanes) is 1. The number of carbonyl (C=O) groups excluding carboxylic acids is 2.